The fourth-order valence-corrected chi connectivity index (χ4v) is 0.589. The lowest BCUT2D eigenvalue weighted by Crippen LogP contribution is -2.35. The Morgan fingerprint density at radius 3 is 2.22 bits per heavy atom. The van der Waals surface area contributed by atoms with Crippen LogP contribution in [0.25, 0.3) is 0 Å². The third kappa shape index (κ3) is 1.56. The molecule has 1 saturated carbocycles. The van der Waals surface area contributed by atoms with Gasteiger partial charge in [0.25, 0.3) is 0 Å². The van der Waals surface area contributed by atoms with Crippen molar-refractivity contribution in [3.05, 3.63) is 0 Å². The van der Waals surface area contributed by atoms with Gasteiger partial charge in [-0.3, -0.25) is 10.2 Å². The zero-order valence-electron chi connectivity index (χ0n) is 5.31. The molecule has 0 aromatic rings. The van der Waals surface area contributed by atoms with Crippen LogP contribution in [0.3, 0.4) is 0 Å². The second-order valence-electron chi connectivity index (χ2n) is 2.53. The second-order valence-corrected chi connectivity index (χ2v) is 2.53. The zero-order valence-corrected chi connectivity index (χ0v) is 6.12. The van der Waals surface area contributed by atoms with Crippen LogP contribution in [0.5, 0.6) is 0 Å². The Labute approximate surface area is 60.4 Å². The molecule has 54 valence electrons. The molecule has 4 heteroatoms. The summed E-state index contributed by atoms with van der Waals surface area (Å²) in [4.78, 5) is 10.7. The van der Waals surface area contributed by atoms with Gasteiger partial charge in [-0.05, 0) is 12.8 Å². The highest BCUT2D eigenvalue weighted by Gasteiger charge is 2.44. The quantitative estimate of drug-likeness (QED) is 0.319. The number of amides is 1. The van der Waals surface area contributed by atoms with Crippen LogP contribution in [0.4, 0.5) is 0 Å². The van der Waals surface area contributed by atoms with Crippen molar-refractivity contribution in [2.45, 2.75) is 19.8 Å². The van der Waals surface area contributed by atoms with Crippen molar-refractivity contribution in [1.29, 1.82) is 0 Å². The number of nitrogens with two attached hydrogens (primary N) is 1. The molecule has 0 aromatic carbocycles. The number of carbonyl (C=O) groups excluding carboxylic acids is 1. The van der Waals surface area contributed by atoms with Crippen molar-refractivity contribution in [2.75, 3.05) is 0 Å². The van der Waals surface area contributed by atoms with Crippen LogP contribution in [0, 0.1) is 5.41 Å². The third-order valence-electron chi connectivity index (χ3n) is 1.68. The molecule has 0 saturated heterocycles. The van der Waals surface area contributed by atoms with Crippen LogP contribution in [0.15, 0.2) is 0 Å². The Balaban J connectivity index is 0.000000640. The normalized spacial score (nSPS) is 19.8. The van der Waals surface area contributed by atoms with E-state index in [1.54, 1.807) is 0 Å². The fourth-order valence-electron chi connectivity index (χ4n) is 0.589. The van der Waals surface area contributed by atoms with Gasteiger partial charge in [-0.25, -0.2) is 5.84 Å². The summed E-state index contributed by atoms with van der Waals surface area (Å²) in [5.74, 6) is 4.87. The number of carbonyl (C=O) groups is 1. The number of hydrogen-bond acceptors (Lipinski definition) is 2. The van der Waals surface area contributed by atoms with E-state index in [4.69, 9.17) is 5.84 Å². The molecular weight excluding hydrogens is 140 g/mol. The van der Waals surface area contributed by atoms with E-state index >= 15 is 0 Å². The second kappa shape index (κ2) is 2.54. The molecule has 1 amide bonds. The van der Waals surface area contributed by atoms with Gasteiger partial charge in [0.15, 0.2) is 0 Å². The minimum absolute atomic E-state index is 0. The van der Waals surface area contributed by atoms with Gasteiger partial charge in [-0.15, -0.1) is 12.4 Å². The van der Waals surface area contributed by atoms with Crippen molar-refractivity contribution in [3.8, 4) is 0 Å². The Bertz CT molecular complexity index is 122. The summed E-state index contributed by atoms with van der Waals surface area (Å²) in [7, 11) is 0. The molecule has 0 heterocycles. The maximum Gasteiger partial charge on any atom is 0.239 e. The van der Waals surface area contributed by atoms with E-state index in [1.807, 2.05) is 6.92 Å². The molecule has 9 heavy (non-hydrogen) atoms. The maximum absolute atomic E-state index is 10.7. The van der Waals surface area contributed by atoms with E-state index in [9.17, 15) is 4.79 Å². The largest absolute Gasteiger partial charge is 0.294 e. The first-order chi connectivity index (χ1) is 3.69. The van der Waals surface area contributed by atoms with Crippen LogP contribution < -0.4 is 11.3 Å². The molecule has 3 nitrogen and oxygen atoms in total. The fraction of sp³-hybridized carbons (Fsp3) is 0.800. The monoisotopic (exact) mass is 150 g/mol. The van der Waals surface area contributed by atoms with E-state index in [1.165, 1.54) is 0 Å². The lowest BCUT2D eigenvalue weighted by molar-refractivity contribution is -0.125. The molecule has 0 radical (unpaired) electrons. The van der Waals surface area contributed by atoms with E-state index in [2.05, 4.69) is 5.43 Å². The average molecular weight is 151 g/mol. The Morgan fingerprint density at radius 1 is 1.67 bits per heavy atom. The summed E-state index contributed by atoms with van der Waals surface area (Å²) in [6, 6.07) is 0. The number of hydrogen-bond donors (Lipinski definition) is 2. The molecule has 0 atom stereocenters. The predicted molar refractivity (Wildman–Crippen MR) is 36.9 cm³/mol. The topological polar surface area (TPSA) is 55.1 Å². The van der Waals surface area contributed by atoms with Crippen molar-refractivity contribution in [1.82, 2.24) is 5.43 Å². The lowest BCUT2D eigenvalue weighted by atomic mass is 10.1. The van der Waals surface area contributed by atoms with Gasteiger partial charge < -0.3 is 0 Å². The van der Waals surface area contributed by atoms with E-state index in [0.29, 0.717) is 0 Å². The minimum Gasteiger partial charge on any atom is -0.294 e. The van der Waals surface area contributed by atoms with Crippen LogP contribution >= 0.6 is 12.4 Å². The maximum atomic E-state index is 10.7. The lowest BCUT2D eigenvalue weighted by Gasteiger charge is -2.02. The molecule has 0 spiro atoms. The number of hydrazine groups is 1. The summed E-state index contributed by atoms with van der Waals surface area (Å²) in [5, 5.41) is 0. The molecule has 0 aliphatic heterocycles. The van der Waals surface area contributed by atoms with Crippen LogP contribution in [0.2, 0.25) is 0 Å². The predicted octanol–water partition coefficient (Wildman–Crippen LogP) is 0.198. The van der Waals surface area contributed by atoms with Gasteiger partial charge in [0.1, 0.15) is 0 Å². The molecule has 1 aliphatic carbocycles. The summed E-state index contributed by atoms with van der Waals surface area (Å²) >= 11 is 0. The van der Waals surface area contributed by atoms with Crippen molar-refractivity contribution >= 4 is 18.3 Å². The molecule has 1 aliphatic rings. The smallest absolute Gasteiger partial charge is 0.239 e. The summed E-state index contributed by atoms with van der Waals surface area (Å²) in [6.45, 7) is 1.91. The first-order valence-electron chi connectivity index (χ1n) is 2.70. The summed E-state index contributed by atoms with van der Waals surface area (Å²) < 4.78 is 0. The molecular formula is C5H11ClN2O. The first kappa shape index (κ1) is 8.72. The minimum atomic E-state index is -0.116. The SMILES string of the molecule is CC1(C(=O)NN)CC1.Cl. The Morgan fingerprint density at radius 2 is 2.11 bits per heavy atom. The Hall–Kier alpha value is -0.280. The van der Waals surface area contributed by atoms with Crippen molar-refractivity contribution in [3.63, 3.8) is 0 Å². The van der Waals surface area contributed by atoms with E-state index in [-0.39, 0.29) is 23.7 Å². The van der Waals surface area contributed by atoms with Gasteiger partial charge in [-0.2, -0.15) is 0 Å². The van der Waals surface area contributed by atoms with Gasteiger partial charge >= 0.3 is 0 Å². The van der Waals surface area contributed by atoms with Crippen LogP contribution in [0.1, 0.15) is 19.8 Å². The highest BCUT2D eigenvalue weighted by Crippen LogP contribution is 2.44. The summed E-state index contributed by atoms with van der Waals surface area (Å²) in [5.41, 5.74) is 2.01. The highest BCUT2D eigenvalue weighted by molar-refractivity contribution is 5.85. The first-order valence-corrected chi connectivity index (χ1v) is 2.70. The van der Waals surface area contributed by atoms with Gasteiger partial charge in [0, 0.05) is 5.41 Å². The number of nitrogens with one attached hydrogen (secondary N) is 1. The highest BCUT2D eigenvalue weighted by atomic mass is 35.5. The van der Waals surface area contributed by atoms with Crippen LogP contribution in [-0.2, 0) is 4.79 Å². The zero-order chi connectivity index (χ0) is 6.20. The molecule has 3 N–H and O–H groups in total. The Kier molecular flexibility index (Phi) is 2.46. The van der Waals surface area contributed by atoms with E-state index < -0.39 is 0 Å². The third-order valence-corrected chi connectivity index (χ3v) is 1.68. The molecule has 1 rings (SSSR count). The van der Waals surface area contributed by atoms with Crippen molar-refractivity contribution in [2.24, 2.45) is 11.3 Å². The van der Waals surface area contributed by atoms with Gasteiger partial charge in [0.05, 0.1) is 0 Å². The van der Waals surface area contributed by atoms with Gasteiger partial charge in [0.2, 0.25) is 5.91 Å². The molecule has 1 fully saturated rings. The van der Waals surface area contributed by atoms with E-state index in [0.717, 1.165) is 12.8 Å². The van der Waals surface area contributed by atoms with Gasteiger partial charge in [-0.1, -0.05) is 6.92 Å². The van der Waals surface area contributed by atoms with Crippen LogP contribution in [-0.4, -0.2) is 5.91 Å². The summed E-state index contributed by atoms with van der Waals surface area (Å²) in [6.07, 6.45) is 1.96. The molecule has 0 bridgehead atoms. The standard InChI is InChI=1S/C5H10N2O.ClH/c1-5(2-3-5)4(8)7-6;/h2-3,6H2,1H3,(H,7,8);1H. The number of halogens is 1. The van der Waals surface area contributed by atoms with Crippen molar-refractivity contribution < 1.29 is 4.79 Å². The molecule has 0 unspecified atom stereocenters. The average Bonchev–Trinajstić information content (AvgIpc) is 2.47. The molecule has 0 aromatic heterocycles. The number of rotatable bonds is 1.